The van der Waals surface area contributed by atoms with Crippen LogP contribution in [0.2, 0.25) is 0 Å². The Morgan fingerprint density at radius 2 is 1.86 bits per heavy atom. The normalized spacial score (nSPS) is 11.9. The third-order valence-corrected chi connectivity index (χ3v) is 5.89. The summed E-state index contributed by atoms with van der Waals surface area (Å²) in [6.07, 6.45) is 0.705. The number of anilines is 1. The van der Waals surface area contributed by atoms with Gasteiger partial charge in [-0.25, -0.2) is 0 Å². The van der Waals surface area contributed by atoms with Gasteiger partial charge in [0.25, 0.3) is 0 Å². The second-order valence-electron chi connectivity index (χ2n) is 6.50. The number of carbonyl (C=O) groups excluding carboxylic acids is 1. The molecule has 0 aliphatic heterocycles. The zero-order valence-electron chi connectivity index (χ0n) is 16.6. The van der Waals surface area contributed by atoms with Crippen molar-refractivity contribution in [2.45, 2.75) is 31.5 Å². The molecule has 1 heterocycles. The molecule has 0 fully saturated rings. The molecule has 1 unspecified atom stereocenters. The first-order valence-electron chi connectivity index (χ1n) is 9.29. The van der Waals surface area contributed by atoms with E-state index in [1.807, 2.05) is 67.1 Å². The second-order valence-corrected chi connectivity index (χ2v) is 8.36. The number of amides is 1. The number of carbonyl (C=O) groups is 1. The summed E-state index contributed by atoms with van der Waals surface area (Å²) in [5.41, 5.74) is 2.03. The zero-order valence-corrected chi connectivity index (χ0v) is 19.0. The number of thioether (sulfide) groups is 1. The van der Waals surface area contributed by atoms with E-state index < -0.39 is 0 Å². The molecule has 152 valence electrons. The molecule has 2 aromatic carbocycles. The zero-order chi connectivity index (χ0) is 20.8. The van der Waals surface area contributed by atoms with Crippen molar-refractivity contribution in [3.63, 3.8) is 0 Å². The Kier molecular flexibility index (Phi) is 7.33. The summed E-state index contributed by atoms with van der Waals surface area (Å²) in [5.74, 6) is 1.63. The Hall–Kier alpha value is -2.32. The monoisotopic (exact) mass is 474 g/mol. The first-order chi connectivity index (χ1) is 14.0. The van der Waals surface area contributed by atoms with E-state index in [1.54, 1.807) is 0 Å². The van der Waals surface area contributed by atoms with Crippen LogP contribution < -0.4 is 10.1 Å². The molecule has 0 saturated carbocycles. The number of benzene rings is 2. The number of nitrogens with one attached hydrogen (secondary N) is 1. The number of hydrogen-bond acceptors (Lipinski definition) is 5. The molecule has 3 aromatic rings. The van der Waals surface area contributed by atoms with Crippen LogP contribution in [-0.2, 0) is 18.3 Å². The first-order valence-corrected chi connectivity index (χ1v) is 11.1. The van der Waals surface area contributed by atoms with Gasteiger partial charge in [0.1, 0.15) is 5.75 Å². The number of nitrogens with zero attached hydrogens (tertiary/aromatic N) is 3. The SMILES string of the molecule is CCc1ccc(NC(=O)CSc2nnc(C(C)Oc3ccc(Br)cc3)n2C)cc1. The van der Waals surface area contributed by atoms with Gasteiger partial charge in [-0.15, -0.1) is 10.2 Å². The Morgan fingerprint density at radius 3 is 2.52 bits per heavy atom. The van der Waals surface area contributed by atoms with Crippen molar-refractivity contribution in [3.05, 3.63) is 64.4 Å². The van der Waals surface area contributed by atoms with E-state index in [1.165, 1.54) is 17.3 Å². The largest absolute Gasteiger partial charge is 0.483 e. The van der Waals surface area contributed by atoms with Gasteiger partial charge in [0.05, 0.1) is 5.75 Å². The van der Waals surface area contributed by atoms with Gasteiger partial charge in [0, 0.05) is 17.2 Å². The highest BCUT2D eigenvalue weighted by molar-refractivity contribution is 9.10. The summed E-state index contributed by atoms with van der Waals surface area (Å²) in [4.78, 5) is 12.2. The van der Waals surface area contributed by atoms with Crippen LogP contribution in [0.15, 0.2) is 58.2 Å². The third-order valence-electron chi connectivity index (χ3n) is 4.34. The topological polar surface area (TPSA) is 69.0 Å². The van der Waals surface area contributed by atoms with E-state index >= 15 is 0 Å². The summed E-state index contributed by atoms with van der Waals surface area (Å²) >= 11 is 4.75. The number of aromatic nitrogens is 3. The van der Waals surface area contributed by atoms with Crippen molar-refractivity contribution in [3.8, 4) is 5.75 Å². The fraction of sp³-hybridized carbons (Fsp3) is 0.286. The first kappa shape index (κ1) is 21.4. The molecule has 0 aliphatic rings. The van der Waals surface area contributed by atoms with Crippen LogP contribution in [-0.4, -0.2) is 26.4 Å². The van der Waals surface area contributed by atoms with Crippen LogP contribution in [0.1, 0.15) is 31.3 Å². The molecule has 3 rings (SSSR count). The van der Waals surface area contributed by atoms with E-state index in [9.17, 15) is 4.79 Å². The molecule has 8 heteroatoms. The molecule has 1 aromatic heterocycles. The summed E-state index contributed by atoms with van der Waals surface area (Å²) < 4.78 is 8.79. The highest BCUT2D eigenvalue weighted by Gasteiger charge is 2.18. The molecule has 6 nitrogen and oxygen atoms in total. The molecule has 1 atom stereocenters. The molecular formula is C21H23BrN4O2S. The van der Waals surface area contributed by atoms with Crippen molar-refractivity contribution in [1.29, 1.82) is 0 Å². The maximum atomic E-state index is 12.2. The number of halogens is 1. The predicted molar refractivity (Wildman–Crippen MR) is 119 cm³/mol. The van der Waals surface area contributed by atoms with Gasteiger partial charge in [-0.05, 0) is 55.3 Å². The molecule has 0 saturated heterocycles. The minimum absolute atomic E-state index is 0.0806. The quantitative estimate of drug-likeness (QED) is 0.464. The molecule has 0 radical (unpaired) electrons. The summed E-state index contributed by atoms with van der Waals surface area (Å²) in [6, 6.07) is 15.5. The highest BCUT2D eigenvalue weighted by Crippen LogP contribution is 2.25. The molecule has 0 bridgehead atoms. The fourth-order valence-electron chi connectivity index (χ4n) is 2.73. The highest BCUT2D eigenvalue weighted by atomic mass is 79.9. The van der Waals surface area contributed by atoms with E-state index in [0.717, 1.165) is 22.3 Å². The van der Waals surface area contributed by atoms with Crippen molar-refractivity contribution in [2.24, 2.45) is 7.05 Å². The van der Waals surface area contributed by atoms with Crippen LogP contribution in [0.4, 0.5) is 5.69 Å². The minimum atomic E-state index is -0.270. The van der Waals surface area contributed by atoms with E-state index in [0.29, 0.717) is 11.0 Å². The van der Waals surface area contributed by atoms with Crippen molar-refractivity contribution in [2.75, 3.05) is 11.1 Å². The molecule has 1 N–H and O–H groups in total. The summed E-state index contributed by atoms with van der Waals surface area (Å²) in [6.45, 7) is 4.03. The van der Waals surface area contributed by atoms with Gasteiger partial charge >= 0.3 is 0 Å². The molecule has 29 heavy (non-hydrogen) atoms. The average molecular weight is 475 g/mol. The van der Waals surface area contributed by atoms with Gasteiger partial charge < -0.3 is 14.6 Å². The third kappa shape index (κ3) is 5.83. The lowest BCUT2D eigenvalue weighted by molar-refractivity contribution is -0.113. The van der Waals surface area contributed by atoms with Crippen LogP contribution in [0.5, 0.6) is 5.75 Å². The van der Waals surface area contributed by atoms with Crippen LogP contribution in [0.3, 0.4) is 0 Å². The Bertz CT molecular complexity index is 958. The summed E-state index contributed by atoms with van der Waals surface area (Å²) in [5, 5.41) is 12.0. The van der Waals surface area contributed by atoms with Crippen LogP contribution in [0.25, 0.3) is 0 Å². The predicted octanol–water partition coefficient (Wildman–Crippen LogP) is 5.01. The van der Waals surface area contributed by atoms with Crippen molar-refractivity contribution >= 4 is 39.3 Å². The Balaban J connectivity index is 1.55. The number of aryl methyl sites for hydroxylation is 1. The van der Waals surface area contributed by atoms with E-state index in [2.05, 4.69) is 38.4 Å². The smallest absolute Gasteiger partial charge is 0.234 e. The van der Waals surface area contributed by atoms with Gasteiger partial charge in [0.15, 0.2) is 17.1 Å². The Morgan fingerprint density at radius 1 is 1.17 bits per heavy atom. The lowest BCUT2D eigenvalue weighted by atomic mass is 10.1. The van der Waals surface area contributed by atoms with Gasteiger partial charge in [-0.2, -0.15) is 0 Å². The minimum Gasteiger partial charge on any atom is -0.483 e. The van der Waals surface area contributed by atoms with Gasteiger partial charge in [-0.3, -0.25) is 4.79 Å². The Labute approximate surface area is 183 Å². The van der Waals surface area contributed by atoms with Crippen LogP contribution >= 0.6 is 27.7 Å². The number of hydrogen-bond donors (Lipinski definition) is 1. The van der Waals surface area contributed by atoms with Crippen LogP contribution in [0, 0.1) is 0 Å². The fourth-order valence-corrected chi connectivity index (χ4v) is 3.71. The number of ether oxygens (including phenoxy) is 1. The lowest BCUT2D eigenvalue weighted by Gasteiger charge is -2.14. The van der Waals surface area contributed by atoms with E-state index in [-0.39, 0.29) is 17.8 Å². The summed E-state index contributed by atoms with van der Waals surface area (Å²) in [7, 11) is 1.88. The maximum absolute atomic E-state index is 12.2. The molecular weight excluding hydrogens is 452 g/mol. The van der Waals surface area contributed by atoms with E-state index in [4.69, 9.17) is 4.74 Å². The van der Waals surface area contributed by atoms with Crippen molar-refractivity contribution in [1.82, 2.24) is 14.8 Å². The second kappa shape index (κ2) is 9.93. The molecule has 1 amide bonds. The molecule has 0 spiro atoms. The molecule has 0 aliphatic carbocycles. The lowest BCUT2D eigenvalue weighted by Crippen LogP contribution is -2.15. The maximum Gasteiger partial charge on any atom is 0.234 e. The van der Waals surface area contributed by atoms with Gasteiger partial charge in [-0.1, -0.05) is 46.7 Å². The van der Waals surface area contributed by atoms with Gasteiger partial charge in [0.2, 0.25) is 5.91 Å². The number of rotatable bonds is 8. The van der Waals surface area contributed by atoms with Crippen molar-refractivity contribution < 1.29 is 9.53 Å². The standard InChI is InChI=1S/C21H23BrN4O2S/c1-4-15-5-9-17(10-6-15)23-19(27)13-29-21-25-24-20(26(21)3)14(2)28-18-11-7-16(22)8-12-18/h5-12,14H,4,13H2,1-3H3,(H,23,27). The average Bonchev–Trinajstić information content (AvgIpc) is 3.09.